The minimum Gasteiger partial charge on any atom is -0.480 e. The average Bonchev–Trinajstić information content (AvgIpc) is 2.72. The molecule has 0 bridgehead atoms. The smallest absolute Gasteiger partial charge is 0.327 e. The van der Waals surface area contributed by atoms with Gasteiger partial charge in [0.1, 0.15) is 6.04 Å². The van der Waals surface area contributed by atoms with Gasteiger partial charge in [-0.25, -0.2) is 4.79 Å². The lowest BCUT2D eigenvalue weighted by Crippen LogP contribution is -2.45. The molecule has 1 aliphatic carbocycles. The van der Waals surface area contributed by atoms with Gasteiger partial charge in [0, 0.05) is 30.9 Å². The van der Waals surface area contributed by atoms with E-state index < -0.39 is 17.9 Å². The van der Waals surface area contributed by atoms with Crippen molar-refractivity contribution >= 4 is 34.7 Å². The number of carbonyl (C=O) groups is 4. The van der Waals surface area contributed by atoms with Gasteiger partial charge in [0.25, 0.3) is 0 Å². The number of hydrogen-bond acceptors (Lipinski definition) is 5. The van der Waals surface area contributed by atoms with Crippen LogP contribution < -0.4 is 0 Å². The molecule has 1 saturated heterocycles. The molecule has 2 rings (SSSR count). The van der Waals surface area contributed by atoms with Crippen LogP contribution in [0.15, 0.2) is 0 Å². The zero-order valence-corrected chi connectivity index (χ0v) is 12.7. The Balaban J connectivity index is 2.11. The summed E-state index contributed by atoms with van der Waals surface area (Å²) in [5.41, 5.74) is 0. The number of aliphatic carboxylic acids is 1. The fraction of sp³-hybridized carbons (Fsp3) is 0.714. The van der Waals surface area contributed by atoms with Gasteiger partial charge in [-0.3, -0.25) is 19.3 Å². The Bertz CT molecular complexity index is 478. The predicted molar refractivity (Wildman–Crippen MR) is 76.5 cm³/mol. The molecule has 3 unspecified atom stereocenters. The summed E-state index contributed by atoms with van der Waals surface area (Å²) in [5, 5.41) is 9.30. The van der Waals surface area contributed by atoms with Gasteiger partial charge >= 0.3 is 5.97 Å². The summed E-state index contributed by atoms with van der Waals surface area (Å²) in [6.07, 6.45) is 3.17. The number of likely N-dealkylation sites (tertiary alicyclic amines) is 1. The van der Waals surface area contributed by atoms with E-state index in [1.165, 1.54) is 6.92 Å². The minimum atomic E-state index is -1.11. The zero-order chi connectivity index (χ0) is 15.6. The van der Waals surface area contributed by atoms with Crippen molar-refractivity contribution in [1.29, 1.82) is 0 Å². The quantitative estimate of drug-likeness (QED) is 0.840. The van der Waals surface area contributed by atoms with Gasteiger partial charge in [0.15, 0.2) is 5.12 Å². The van der Waals surface area contributed by atoms with Crippen molar-refractivity contribution in [3.8, 4) is 0 Å². The minimum absolute atomic E-state index is 0.0131. The van der Waals surface area contributed by atoms with Crippen molar-refractivity contribution in [3.63, 3.8) is 0 Å². The first-order valence-electron chi connectivity index (χ1n) is 7.15. The summed E-state index contributed by atoms with van der Waals surface area (Å²) in [4.78, 5) is 47.9. The van der Waals surface area contributed by atoms with Crippen molar-refractivity contribution < 1.29 is 24.3 Å². The maximum absolute atomic E-state index is 12.4. The third-order valence-electron chi connectivity index (χ3n) is 4.20. The van der Waals surface area contributed by atoms with E-state index in [0.717, 1.165) is 29.5 Å². The summed E-state index contributed by atoms with van der Waals surface area (Å²) in [6.45, 7) is 1.41. The predicted octanol–water partition coefficient (Wildman–Crippen LogP) is 1.28. The molecule has 0 aromatic carbocycles. The Morgan fingerprint density at radius 1 is 1.29 bits per heavy atom. The molecule has 0 radical (unpaired) electrons. The molecule has 7 heteroatoms. The molecule has 21 heavy (non-hydrogen) atoms. The number of imide groups is 1. The average molecular weight is 313 g/mol. The highest BCUT2D eigenvalue weighted by molar-refractivity contribution is 8.13. The van der Waals surface area contributed by atoms with Gasteiger partial charge in [0.2, 0.25) is 11.8 Å². The van der Waals surface area contributed by atoms with Crippen LogP contribution in [0.3, 0.4) is 0 Å². The molecule has 116 valence electrons. The Hall–Kier alpha value is -1.37. The topological polar surface area (TPSA) is 91.8 Å². The molecular weight excluding hydrogens is 294 g/mol. The number of carboxylic acids is 1. The molecule has 6 nitrogen and oxygen atoms in total. The van der Waals surface area contributed by atoms with E-state index in [1.807, 2.05) is 0 Å². The molecule has 0 aromatic rings. The monoisotopic (exact) mass is 313 g/mol. The summed E-state index contributed by atoms with van der Waals surface area (Å²) in [7, 11) is 0. The van der Waals surface area contributed by atoms with Gasteiger partial charge < -0.3 is 5.11 Å². The maximum atomic E-state index is 12.4. The molecule has 3 atom stereocenters. The maximum Gasteiger partial charge on any atom is 0.327 e. The van der Waals surface area contributed by atoms with E-state index in [1.54, 1.807) is 0 Å². The third-order valence-corrected chi connectivity index (χ3v) is 5.02. The van der Waals surface area contributed by atoms with Crippen molar-refractivity contribution in [2.24, 2.45) is 11.8 Å². The van der Waals surface area contributed by atoms with E-state index in [2.05, 4.69) is 0 Å². The number of hydrogen-bond donors (Lipinski definition) is 1. The van der Waals surface area contributed by atoms with E-state index >= 15 is 0 Å². The second-order valence-corrected chi connectivity index (χ2v) is 6.80. The molecule has 2 fully saturated rings. The highest BCUT2D eigenvalue weighted by atomic mass is 32.2. The second kappa shape index (κ2) is 6.60. The Labute approximate surface area is 127 Å². The lowest BCUT2D eigenvalue weighted by Gasteiger charge is -2.25. The SMILES string of the molecule is CC(=O)SCCC(=O)N1C(=O)C2CCCCC2C1C(=O)O. The first-order chi connectivity index (χ1) is 9.93. The zero-order valence-electron chi connectivity index (χ0n) is 11.9. The van der Waals surface area contributed by atoms with Gasteiger partial charge in [0.05, 0.1) is 0 Å². The van der Waals surface area contributed by atoms with Crippen LogP contribution >= 0.6 is 11.8 Å². The fourth-order valence-electron chi connectivity index (χ4n) is 3.33. The fourth-order valence-corrected chi connectivity index (χ4v) is 3.89. The number of thioether (sulfide) groups is 1. The molecular formula is C14H19NO5S. The number of nitrogens with zero attached hydrogens (tertiary/aromatic N) is 1. The van der Waals surface area contributed by atoms with Crippen LogP contribution in [0.5, 0.6) is 0 Å². The molecule has 1 N–H and O–H groups in total. The Morgan fingerprint density at radius 3 is 2.57 bits per heavy atom. The van der Waals surface area contributed by atoms with Gasteiger partial charge in [-0.05, 0) is 12.8 Å². The number of rotatable bonds is 4. The summed E-state index contributed by atoms with van der Waals surface area (Å²) < 4.78 is 0. The number of amides is 2. The van der Waals surface area contributed by atoms with E-state index in [-0.39, 0.29) is 35.0 Å². The van der Waals surface area contributed by atoms with Crippen molar-refractivity contribution in [3.05, 3.63) is 0 Å². The molecule has 1 heterocycles. The van der Waals surface area contributed by atoms with Gasteiger partial charge in [-0.15, -0.1) is 0 Å². The highest BCUT2D eigenvalue weighted by Crippen LogP contribution is 2.41. The van der Waals surface area contributed by atoms with E-state index in [0.29, 0.717) is 12.8 Å². The van der Waals surface area contributed by atoms with Gasteiger partial charge in [-0.1, -0.05) is 24.6 Å². The van der Waals surface area contributed by atoms with Crippen molar-refractivity contribution in [1.82, 2.24) is 4.90 Å². The molecule has 1 aliphatic heterocycles. The molecule has 2 aliphatic rings. The number of fused-ring (bicyclic) bond motifs is 1. The largest absolute Gasteiger partial charge is 0.480 e. The van der Waals surface area contributed by atoms with Crippen molar-refractivity contribution in [2.75, 3.05) is 5.75 Å². The first kappa shape index (κ1) is 16.0. The van der Waals surface area contributed by atoms with E-state index in [9.17, 15) is 24.3 Å². The highest BCUT2D eigenvalue weighted by Gasteiger charge is 2.53. The number of carbonyl (C=O) groups excluding carboxylic acids is 3. The van der Waals surface area contributed by atoms with Crippen molar-refractivity contribution in [2.45, 2.75) is 45.1 Å². The summed E-state index contributed by atoms with van der Waals surface area (Å²) in [5.74, 6) is -2.23. The van der Waals surface area contributed by atoms with Gasteiger partial charge in [-0.2, -0.15) is 0 Å². The van der Waals surface area contributed by atoms with Crippen LogP contribution in [-0.4, -0.2) is 44.7 Å². The normalized spacial score (nSPS) is 28.3. The van der Waals surface area contributed by atoms with Crippen LogP contribution in [0.2, 0.25) is 0 Å². The van der Waals surface area contributed by atoms with Crippen LogP contribution in [0.25, 0.3) is 0 Å². The lowest BCUT2D eigenvalue weighted by molar-refractivity contribution is -0.154. The Kier molecular flexibility index (Phi) is 5.03. The summed E-state index contributed by atoms with van der Waals surface area (Å²) in [6, 6.07) is -1.03. The second-order valence-electron chi connectivity index (χ2n) is 5.53. The van der Waals surface area contributed by atoms with Crippen LogP contribution in [0, 0.1) is 11.8 Å². The lowest BCUT2D eigenvalue weighted by atomic mass is 9.78. The molecule has 2 amide bonds. The standard InChI is InChI=1S/C14H19NO5S/c1-8(16)21-7-6-11(17)15-12(14(19)20)9-4-2-3-5-10(9)13(15)18/h9-10,12H,2-7H2,1H3,(H,19,20). The van der Waals surface area contributed by atoms with Crippen LogP contribution in [-0.2, 0) is 19.2 Å². The Morgan fingerprint density at radius 2 is 1.95 bits per heavy atom. The van der Waals surface area contributed by atoms with E-state index in [4.69, 9.17) is 0 Å². The molecule has 0 spiro atoms. The molecule has 0 aromatic heterocycles. The molecule has 1 saturated carbocycles. The number of carboxylic acid groups (broad SMARTS) is 1. The first-order valence-corrected chi connectivity index (χ1v) is 8.14. The van der Waals surface area contributed by atoms with Crippen LogP contribution in [0.4, 0.5) is 0 Å². The summed E-state index contributed by atoms with van der Waals surface area (Å²) >= 11 is 1.01. The third kappa shape index (κ3) is 3.28. The van der Waals surface area contributed by atoms with Crippen LogP contribution in [0.1, 0.15) is 39.0 Å².